The van der Waals surface area contributed by atoms with Crippen LogP contribution in [0.1, 0.15) is 28.1 Å². The van der Waals surface area contributed by atoms with Crippen LogP contribution in [-0.2, 0) is 11.4 Å². The van der Waals surface area contributed by atoms with E-state index in [1.54, 1.807) is 18.0 Å². The molecule has 2 atom stereocenters. The Bertz CT molecular complexity index is 783. The van der Waals surface area contributed by atoms with Crippen LogP contribution in [0.25, 0.3) is 0 Å². The van der Waals surface area contributed by atoms with Crippen LogP contribution in [0.15, 0.2) is 41.0 Å². The molecular formula is C19H22N2O5. The zero-order chi connectivity index (χ0) is 18.7. The van der Waals surface area contributed by atoms with E-state index < -0.39 is 12.0 Å². The van der Waals surface area contributed by atoms with E-state index in [0.717, 1.165) is 5.56 Å². The van der Waals surface area contributed by atoms with Crippen LogP contribution in [-0.4, -0.2) is 47.6 Å². The number of aliphatic carboxylic acids is 1. The van der Waals surface area contributed by atoms with Gasteiger partial charge in [0.15, 0.2) is 5.76 Å². The summed E-state index contributed by atoms with van der Waals surface area (Å²) in [5, 5.41) is 12.1. The number of furan rings is 1. The number of likely N-dealkylation sites (N-methyl/N-ethyl adjacent to an activating group) is 1. The van der Waals surface area contributed by atoms with Crippen molar-refractivity contribution >= 4 is 11.9 Å². The Hall–Kier alpha value is -2.80. The molecule has 26 heavy (non-hydrogen) atoms. The fraction of sp³-hybridized carbons (Fsp3) is 0.368. The minimum atomic E-state index is -0.875. The molecule has 2 N–H and O–H groups in total. The van der Waals surface area contributed by atoms with Crippen molar-refractivity contribution in [1.82, 2.24) is 10.2 Å². The largest absolute Gasteiger partial charge is 0.486 e. The van der Waals surface area contributed by atoms with Crippen molar-refractivity contribution in [1.29, 1.82) is 0 Å². The zero-order valence-corrected chi connectivity index (χ0v) is 14.8. The highest BCUT2D eigenvalue weighted by Crippen LogP contribution is 2.19. The summed E-state index contributed by atoms with van der Waals surface area (Å²) in [4.78, 5) is 25.4. The predicted octanol–water partition coefficient (Wildman–Crippen LogP) is 2.05. The molecule has 1 aromatic heterocycles. The van der Waals surface area contributed by atoms with Crippen molar-refractivity contribution in [3.8, 4) is 5.75 Å². The molecule has 0 bridgehead atoms. The standard InChI is InChI=1S/C19H22N2O5/c1-12-3-5-14(6-4-12)26-11-17-15(7-8-25-17)18(22)20-13-9-16(19(23)24)21(2)10-13/h3-8,13,16H,9-11H2,1-2H3,(H,20,22)(H,23,24). The lowest BCUT2D eigenvalue weighted by Crippen LogP contribution is -2.36. The highest BCUT2D eigenvalue weighted by Gasteiger charge is 2.35. The minimum absolute atomic E-state index is 0.140. The lowest BCUT2D eigenvalue weighted by Gasteiger charge is -2.13. The number of hydrogen-bond acceptors (Lipinski definition) is 5. The summed E-state index contributed by atoms with van der Waals surface area (Å²) in [5.41, 5.74) is 1.54. The van der Waals surface area contributed by atoms with Gasteiger partial charge in [-0.05, 0) is 38.6 Å². The summed E-state index contributed by atoms with van der Waals surface area (Å²) in [6.45, 7) is 2.63. The number of rotatable bonds is 6. The van der Waals surface area contributed by atoms with E-state index in [0.29, 0.717) is 30.0 Å². The van der Waals surface area contributed by atoms with E-state index in [1.165, 1.54) is 6.26 Å². The Balaban J connectivity index is 1.60. The van der Waals surface area contributed by atoms with Gasteiger partial charge in [0.25, 0.3) is 5.91 Å². The number of hydrogen-bond donors (Lipinski definition) is 2. The highest BCUT2D eigenvalue weighted by atomic mass is 16.5. The quantitative estimate of drug-likeness (QED) is 0.821. The van der Waals surface area contributed by atoms with Gasteiger partial charge in [-0.2, -0.15) is 0 Å². The number of likely N-dealkylation sites (tertiary alicyclic amines) is 1. The first-order valence-electron chi connectivity index (χ1n) is 8.44. The molecule has 0 aliphatic carbocycles. The second kappa shape index (κ2) is 7.61. The van der Waals surface area contributed by atoms with Crippen LogP contribution >= 0.6 is 0 Å². The van der Waals surface area contributed by atoms with Gasteiger partial charge in [0.05, 0.1) is 11.8 Å². The summed E-state index contributed by atoms with van der Waals surface area (Å²) >= 11 is 0. The average molecular weight is 358 g/mol. The number of benzene rings is 1. The monoisotopic (exact) mass is 358 g/mol. The fourth-order valence-electron chi connectivity index (χ4n) is 3.09. The van der Waals surface area contributed by atoms with E-state index in [-0.39, 0.29) is 18.6 Å². The Morgan fingerprint density at radius 2 is 2.04 bits per heavy atom. The number of nitrogens with zero attached hydrogens (tertiary/aromatic N) is 1. The second-order valence-electron chi connectivity index (χ2n) is 6.56. The number of carbonyl (C=O) groups is 2. The third-order valence-electron chi connectivity index (χ3n) is 4.55. The van der Waals surface area contributed by atoms with Gasteiger partial charge in [-0.15, -0.1) is 0 Å². The van der Waals surface area contributed by atoms with E-state index in [1.807, 2.05) is 31.2 Å². The minimum Gasteiger partial charge on any atom is -0.486 e. The molecule has 0 spiro atoms. The highest BCUT2D eigenvalue weighted by molar-refractivity contribution is 5.95. The number of amides is 1. The van der Waals surface area contributed by atoms with Crippen molar-refractivity contribution in [2.45, 2.75) is 32.0 Å². The molecule has 0 saturated carbocycles. The molecule has 2 unspecified atom stereocenters. The van der Waals surface area contributed by atoms with Crippen molar-refractivity contribution < 1.29 is 23.8 Å². The second-order valence-corrected chi connectivity index (χ2v) is 6.56. The molecule has 138 valence electrons. The number of ether oxygens (including phenoxy) is 1. The van der Waals surface area contributed by atoms with Crippen molar-refractivity contribution in [2.75, 3.05) is 13.6 Å². The van der Waals surface area contributed by atoms with Gasteiger partial charge < -0.3 is 19.6 Å². The molecule has 7 nitrogen and oxygen atoms in total. The summed E-state index contributed by atoms with van der Waals surface area (Å²) in [6.07, 6.45) is 1.83. The molecule has 2 heterocycles. The summed E-state index contributed by atoms with van der Waals surface area (Å²) in [6, 6.07) is 8.41. The Kier molecular flexibility index (Phi) is 5.27. The molecule has 1 aliphatic heterocycles. The maximum atomic E-state index is 12.5. The first-order chi connectivity index (χ1) is 12.4. The molecule has 0 radical (unpaired) electrons. The third kappa shape index (κ3) is 4.05. The Morgan fingerprint density at radius 1 is 1.31 bits per heavy atom. The number of nitrogens with one attached hydrogen (secondary N) is 1. The van der Waals surface area contributed by atoms with Gasteiger partial charge in [-0.3, -0.25) is 14.5 Å². The molecule has 1 aliphatic rings. The van der Waals surface area contributed by atoms with E-state index in [9.17, 15) is 14.7 Å². The van der Waals surface area contributed by atoms with Gasteiger partial charge in [-0.1, -0.05) is 17.7 Å². The summed E-state index contributed by atoms with van der Waals surface area (Å²) < 4.78 is 11.1. The normalized spacial score (nSPS) is 20.1. The molecule has 3 rings (SSSR count). The first-order valence-corrected chi connectivity index (χ1v) is 8.44. The third-order valence-corrected chi connectivity index (χ3v) is 4.55. The number of aryl methyl sites for hydroxylation is 1. The van der Waals surface area contributed by atoms with Gasteiger partial charge >= 0.3 is 5.97 Å². The topological polar surface area (TPSA) is 92.0 Å². The van der Waals surface area contributed by atoms with Crippen LogP contribution < -0.4 is 10.1 Å². The molecule has 2 aromatic rings. The summed E-state index contributed by atoms with van der Waals surface area (Å²) in [5.74, 6) is -0.0327. The number of carboxylic acids is 1. The van der Waals surface area contributed by atoms with Gasteiger partial charge in [-0.25, -0.2) is 0 Å². The maximum Gasteiger partial charge on any atom is 0.320 e. The number of carbonyl (C=O) groups excluding carboxylic acids is 1. The molecule has 1 saturated heterocycles. The van der Waals surface area contributed by atoms with Crippen molar-refractivity contribution in [3.63, 3.8) is 0 Å². The predicted molar refractivity (Wildman–Crippen MR) is 94.1 cm³/mol. The maximum absolute atomic E-state index is 12.5. The van der Waals surface area contributed by atoms with E-state index in [2.05, 4.69) is 5.32 Å². The van der Waals surface area contributed by atoms with Gasteiger partial charge in [0.2, 0.25) is 0 Å². The smallest absolute Gasteiger partial charge is 0.320 e. The molecule has 1 aromatic carbocycles. The zero-order valence-electron chi connectivity index (χ0n) is 14.8. The van der Waals surface area contributed by atoms with Gasteiger partial charge in [0.1, 0.15) is 18.4 Å². The Morgan fingerprint density at radius 3 is 2.69 bits per heavy atom. The first kappa shape index (κ1) is 18.0. The van der Waals surface area contributed by atoms with Crippen LogP contribution in [0.3, 0.4) is 0 Å². The lowest BCUT2D eigenvalue weighted by molar-refractivity contribution is -0.141. The van der Waals surface area contributed by atoms with E-state index >= 15 is 0 Å². The lowest BCUT2D eigenvalue weighted by atomic mass is 10.1. The molecule has 1 fully saturated rings. The Labute approximate surface area is 151 Å². The van der Waals surface area contributed by atoms with Gasteiger partial charge in [0, 0.05) is 12.6 Å². The number of carboxylic acid groups (broad SMARTS) is 1. The van der Waals surface area contributed by atoms with Crippen LogP contribution in [0.4, 0.5) is 0 Å². The molecule has 7 heteroatoms. The van der Waals surface area contributed by atoms with Crippen LogP contribution in [0, 0.1) is 6.92 Å². The molecular weight excluding hydrogens is 336 g/mol. The van der Waals surface area contributed by atoms with Crippen LogP contribution in [0.5, 0.6) is 5.75 Å². The molecule has 1 amide bonds. The fourth-order valence-corrected chi connectivity index (χ4v) is 3.09. The average Bonchev–Trinajstić information content (AvgIpc) is 3.20. The van der Waals surface area contributed by atoms with Crippen LogP contribution in [0.2, 0.25) is 0 Å². The summed E-state index contributed by atoms with van der Waals surface area (Å²) in [7, 11) is 1.74. The SMILES string of the molecule is Cc1ccc(OCc2occc2C(=O)NC2CC(C(=O)O)N(C)C2)cc1. The van der Waals surface area contributed by atoms with E-state index in [4.69, 9.17) is 9.15 Å². The van der Waals surface area contributed by atoms with Crippen molar-refractivity contribution in [2.24, 2.45) is 0 Å². The van der Waals surface area contributed by atoms with Crippen molar-refractivity contribution in [3.05, 3.63) is 53.5 Å².